The van der Waals surface area contributed by atoms with Crippen molar-refractivity contribution in [3.05, 3.63) is 348 Å². The SMILES string of the molecule is C[C@@H]1C/C=C/CC/C=C/C(O)Cc2c(Cl)c(O)cc(O)c2C(=O)O1.Cc1cc(C)c2c(c1)CC(=NOCc1ccccc1)/C=C/CC/C=C/C[C@@H](C)OC2=O.Cc1cc(C)c2c(c1)CC(=O)/C=C/CC/C=C/C[C@H](C)OC2=O.Cc1cc(C)c2c(c1Cl)CC(=O)CCCC/C=C/C[C@@H](C)OC2=O.Cc1cc(C)c2c(c1Cl)CC(O)/C=C/CC/C=C/C[C@@H](C)OC2=O.Cc1cc(C)c2c(c1Cl)CC(O)CCCC/C=C/C[C@@H](C)OC2=O. The zero-order valence-electron chi connectivity index (χ0n) is 90.1. The number of carbonyl (C=O) groups excluding carboxylic acids is 8. The Morgan fingerprint density at radius 2 is 0.680 bits per heavy atom. The highest BCUT2D eigenvalue weighted by Gasteiger charge is 2.32. The minimum atomic E-state index is -0.903. The molecule has 6 heterocycles. The Morgan fingerprint density at radius 1 is 0.333 bits per heavy atom. The number of rotatable bonds is 3. The second-order valence-corrected chi connectivity index (χ2v) is 41.2. The van der Waals surface area contributed by atoms with Crippen LogP contribution in [-0.4, -0.2) is 134 Å². The molecule has 13 rings (SSSR count). The van der Waals surface area contributed by atoms with E-state index in [1.807, 2.05) is 231 Å². The molecule has 0 amide bonds. The summed E-state index contributed by atoms with van der Waals surface area (Å²) in [6.45, 7) is 30.8. The van der Waals surface area contributed by atoms with Gasteiger partial charge in [0.15, 0.2) is 5.78 Å². The van der Waals surface area contributed by atoms with Crippen LogP contribution in [0.3, 0.4) is 0 Å². The van der Waals surface area contributed by atoms with E-state index >= 15 is 0 Å². The van der Waals surface area contributed by atoms with Crippen molar-refractivity contribution in [3.8, 4) is 11.5 Å². The van der Waals surface area contributed by atoms with Gasteiger partial charge in [-0.2, -0.15) is 0 Å². The van der Waals surface area contributed by atoms with Crippen molar-refractivity contribution in [3.63, 3.8) is 0 Å². The van der Waals surface area contributed by atoms with Gasteiger partial charge in [0.25, 0.3) is 0 Å². The van der Waals surface area contributed by atoms with Crippen LogP contribution in [0, 0.1) is 69.2 Å². The van der Waals surface area contributed by atoms with Gasteiger partial charge in [-0.3, -0.25) is 9.59 Å². The van der Waals surface area contributed by atoms with Crippen molar-refractivity contribution < 1.29 is 97.1 Å². The number of cyclic esters (lactones) is 6. The summed E-state index contributed by atoms with van der Waals surface area (Å²) >= 11 is 25.4. The highest BCUT2D eigenvalue weighted by Crippen LogP contribution is 2.40. The van der Waals surface area contributed by atoms with E-state index in [0.29, 0.717) is 130 Å². The number of allylic oxidation sites excluding steroid dienone is 12. The largest absolute Gasteiger partial charge is 0.507 e. The maximum atomic E-state index is 13.0. The molecule has 5 N–H and O–H groups in total. The number of nitrogens with zero attached hydrogens (tertiary/aromatic N) is 1. The molecule has 9 atom stereocenters. The lowest BCUT2D eigenvalue weighted by molar-refractivity contribution is -0.118. The molecule has 7 aromatic carbocycles. The number of hydrogen-bond donors (Lipinski definition) is 5. The lowest BCUT2D eigenvalue weighted by Crippen LogP contribution is -2.20. The third-order valence-electron chi connectivity index (χ3n) is 25.7. The minimum Gasteiger partial charge on any atom is -0.507 e. The fraction of sp³-hybridized carbons (Fsp3) is 0.432. The number of fused-ring (bicyclic) bond motifs is 6. The molecule has 0 radical (unpaired) electrons. The Hall–Kier alpha value is -11.8. The van der Waals surface area contributed by atoms with Gasteiger partial charge in [0.1, 0.15) is 66.1 Å². The van der Waals surface area contributed by atoms with Crippen LogP contribution < -0.4 is 0 Å². The summed E-state index contributed by atoms with van der Waals surface area (Å²) in [4.78, 5) is 106. The first-order valence-electron chi connectivity index (χ1n) is 52.5. The maximum Gasteiger partial charge on any atom is 0.342 e. The molecule has 150 heavy (non-hydrogen) atoms. The smallest absolute Gasteiger partial charge is 0.342 e. The molecule has 6 aliphatic rings. The molecular formula is C125H153Cl4NO20. The summed E-state index contributed by atoms with van der Waals surface area (Å²) in [5.41, 5.74) is 17.2. The zero-order valence-corrected chi connectivity index (χ0v) is 93.1. The number of halogens is 4. The molecule has 3 unspecified atom stereocenters. The lowest BCUT2D eigenvalue weighted by Gasteiger charge is -2.20. The number of benzene rings is 7. The first-order chi connectivity index (χ1) is 71.6. The number of oxime groups is 1. The van der Waals surface area contributed by atoms with Crippen LogP contribution in [0.5, 0.6) is 11.5 Å². The third kappa shape index (κ3) is 41.1. The number of ketones is 2. The maximum absolute atomic E-state index is 13.0. The normalized spacial score (nSPS) is 23.3. The van der Waals surface area contributed by atoms with E-state index < -0.39 is 36.0 Å². The number of carbonyl (C=O) groups is 8. The van der Waals surface area contributed by atoms with E-state index in [-0.39, 0.29) is 113 Å². The summed E-state index contributed by atoms with van der Waals surface area (Å²) in [5.74, 6) is -3.13. The van der Waals surface area contributed by atoms with Crippen molar-refractivity contribution in [2.75, 3.05) is 0 Å². The highest BCUT2D eigenvalue weighted by molar-refractivity contribution is 6.34. The van der Waals surface area contributed by atoms with Crippen LogP contribution in [-0.2, 0) is 88.0 Å². The average Bonchev–Trinajstić information content (AvgIpc) is 0.786. The van der Waals surface area contributed by atoms with Gasteiger partial charge in [-0.1, -0.05) is 251 Å². The van der Waals surface area contributed by atoms with Gasteiger partial charge in [0, 0.05) is 105 Å². The molecule has 0 bridgehead atoms. The molecule has 806 valence electrons. The van der Waals surface area contributed by atoms with Crippen molar-refractivity contribution in [2.45, 2.75) is 352 Å². The molecular weight excluding hydrogens is 1980 g/mol. The highest BCUT2D eigenvalue weighted by atomic mass is 35.5. The molecule has 25 heteroatoms. The van der Waals surface area contributed by atoms with Crippen LogP contribution in [0.25, 0.3) is 0 Å². The van der Waals surface area contributed by atoms with E-state index in [2.05, 4.69) is 53.8 Å². The number of aryl methyl sites for hydroxylation is 10. The van der Waals surface area contributed by atoms with Crippen molar-refractivity contribution in [1.29, 1.82) is 0 Å². The van der Waals surface area contributed by atoms with Crippen LogP contribution >= 0.6 is 46.4 Å². The molecule has 0 spiro atoms. The number of aromatic hydroxyl groups is 2. The molecule has 0 saturated heterocycles. The summed E-state index contributed by atoms with van der Waals surface area (Å²) < 4.78 is 33.4. The van der Waals surface area contributed by atoms with E-state index in [1.54, 1.807) is 25.2 Å². The molecule has 0 fully saturated rings. The molecule has 6 aliphatic heterocycles. The van der Waals surface area contributed by atoms with Gasteiger partial charge in [-0.25, -0.2) is 28.8 Å². The number of phenolic OH excluding ortho intramolecular Hbond substituents is 2. The summed E-state index contributed by atoms with van der Waals surface area (Å²) in [6.07, 6.45) is 55.7. The fourth-order valence-corrected chi connectivity index (χ4v) is 19.1. The predicted molar refractivity (Wildman–Crippen MR) is 601 cm³/mol. The summed E-state index contributed by atoms with van der Waals surface area (Å²) in [5, 5.41) is 56.6. The Bertz CT molecular complexity index is 6010. The number of Topliss-reactive ketones (excluding diaryl/α,β-unsaturated/α-hetero) is 1. The van der Waals surface area contributed by atoms with E-state index in [9.17, 15) is 63.9 Å². The van der Waals surface area contributed by atoms with Gasteiger partial charge in [-0.15, -0.1) is 0 Å². The van der Waals surface area contributed by atoms with Gasteiger partial charge in [-0.05, 0) is 296 Å². The number of ether oxygens (including phenoxy) is 6. The number of phenols is 2. The quantitative estimate of drug-likeness (QED) is 0.0475. The minimum absolute atomic E-state index is 0.0122. The summed E-state index contributed by atoms with van der Waals surface area (Å²) in [7, 11) is 0. The molecule has 21 nitrogen and oxygen atoms in total. The number of hydrogen-bond acceptors (Lipinski definition) is 21. The van der Waals surface area contributed by atoms with Gasteiger partial charge in [0.2, 0.25) is 0 Å². The van der Waals surface area contributed by atoms with Crippen molar-refractivity contribution >= 4 is 99.5 Å². The molecule has 0 saturated carbocycles. The monoisotopic (exact) mass is 2130 g/mol. The second kappa shape index (κ2) is 64.1. The zero-order chi connectivity index (χ0) is 110. The van der Waals surface area contributed by atoms with Crippen LogP contribution in [0.1, 0.15) is 340 Å². The Labute approximate surface area is 907 Å². The van der Waals surface area contributed by atoms with Crippen molar-refractivity contribution in [2.24, 2.45) is 5.16 Å². The Morgan fingerprint density at radius 3 is 1.11 bits per heavy atom. The topological polar surface area (TPSA) is 315 Å². The first kappa shape index (κ1) is 123. The number of esters is 6. The van der Waals surface area contributed by atoms with E-state index in [0.717, 1.165) is 180 Å². The second-order valence-electron chi connectivity index (χ2n) is 39.7. The number of aliphatic hydroxyl groups is 3. The number of aliphatic hydroxyl groups excluding tert-OH is 3. The van der Waals surface area contributed by atoms with E-state index in [4.69, 9.17) is 79.7 Å². The standard InChI is InChI=1S/C27H31NO3.C20H27ClO3.2C20H25ClO3.C20H24O3.C18H21ClO5/c1-20-16-21(2)26-24(17-20)18-25(28-30-19-23-13-9-7-10-14-23)15-11-6-4-5-8-12-22(3)31-27(26)29;3*1-13-11-14(2)19(21)17-12-16(22)10-8-6-4-5-7-9-15(3)24-20(23)18(13)17;1-14-11-15(2)19-17(12-14)13-18(21)10-8-6-4-5-7-9-16(3)23-20(19)22;1-11-7-5-3-2-4-6-8-12(20)9-13-16(18(23)24-11)14(21)10-15(22)17(13)19/h5,7-11,13-17,22H,4,6,12,18-19H2,1-3H3;5,7,11,15-16,22H,4,6,8-10,12H2,1-3H3;5,7,11,15H,4,6,8-10,12H2,1-3H3;5,7-8,10-11,15-16,22H,4,6,9,12H2,1-3H3;5,7-8,10-12,16H,4,6,9,13H2,1-3H3;3,5-6,8,10-12,20-22H,2,4,7,9H2,1H3/b8-5+,15-11+,28-25?;2*7-5+;2*7-5+,10-8+;5-3+,8-6+/t22-;15-,16?;15-;15-,16?;16-;11-,12?/m111101/s1. The lowest BCUT2D eigenvalue weighted by atomic mass is 9.93. The predicted octanol–water partition coefficient (Wildman–Crippen LogP) is 28.8. The van der Waals surface area contributed by atoms with Gasteiger partial charge >= 0.3 is 35.8 Å². The van der Waals surface area contributed by atoms with Crippen molar-refractivity contribution in [1.82, 2.24) is 0 Å². The Kier molecular flexibility index (Phi) is 52.8. The van der Waals surface area contributed by atoms with Gasteiger partial charge < -0.3 is 58.8 Å². The first-order valence-corrected chi connectivity index (χ1v) is 54.0. The average molecular weight is 2130 g/mol. The third-order valence-corrected chi connectivity index (χ3v) is 27.7. The van der Waals surface area contributed by atoms with Crippen LogP contribution in [0.2, 0.25) is 20.1 Å². The summed E-state index contributed by atoms with van der Waals surface area (Å²) in [6, 6.07) is 24.5. The van der Waals surface area contributed by atoms with Crippen LogP contribution in [0.4, 0.5) is 0 Å². The Balaban J connectivity index is 0.000000220. The molecule has 7 aromatic rings. The fourth-order valence-electron chi connectivity index (χ4n) is 18.2. The van der Waals surface area contributed by atoms with Crippen LogP contribution in [0.15, 0.2) is 206 Å². The molecule has 0 aliphatic carbocycles. The molecule has 0 aromatic heterocycles. The van der Waals surface area contributed by atoms with E-state index in [1.165, 1.54) is 0 Å². The van der Waals surface area contributed by atoms with Gasteiger partial charge in [0.05, 0.1) is 56.9 Å².